The molecule has 2 heteroatoms. The van der Waals surface area contributed by atoms with Crippen molar-refractivity contribution in [2.45, 2.75) is 59.0 Å². The van der Waals surface area contributed by atoms with Crippen molar-refractivity contribution in [3.05, 3.63) is 22.3 Å². The molecule has 0 heterocycles. The van der Waals surface area contributed by atoms with Gasteiger partial charge in [-0.05, 0) is 52.5 Å². The van der Waals surface area contributed by atoms with Gasteiger partial charge in [-0.3, -0.25) is 4.79 Å². The first-order valence-electron chi connectivity index (χ1n) is 6.43. The molecule has 2 nitrogen and oxygen atoms in total. The van der Waals surface area contributed by atoms with Crippen LogP contribution in [0.25, 0.3) is 0 Å². The first-order valence-corrected chi connectivity index (χ1v) is 6.43. The lowest BCUT2D eigenvalue weighted by Crippen LogP contribution is -2.30. The number of hydrogen-bond acceptors (Lipinski definition) is 2. The molecule has 94 valence electrons. The van der Waals surface area contributed by atoms with E-state index in [9.17, 15) is 9.90 Å². The molecule has 1 N–H and O–H groups in total. The van der Waals surface area contributed by atoms with E-state index in [0.29, 0.717) is 6.42 Å². The molecule has 0 aromatic heterocycles. The lowest BCUT2D eigenvalue weighted by atomic mass is 9.84. The number of ketones is 1. The Labute approximate surface area is 103 Å². The molecule has 1 fully saturated rings. The molecule has 2 aliphatic carbocycles. The topological polar surface area (TPSA) is 37.3 Å². The summed E-state index contributed by atoms with van der Waals surface area (Å²) in [6, 6.07) is 0. The fraction of sp³-hybridized carbons (Fsp3) is 0.667. The molecule has 2 rings (SSSR count). The van der Waals surface area contributed by atoms with Crippen LogP contribution in [0.1, 0.15) is 53.4 Å². The maximum Gasteiger partial charge on any atom is 0.162 e. The Morgan fingerprint density at radius 2 is 2.06 bits per heavy atom. The molecule has 2 aliphatic rings. The summed E-state index contributed by atoms with van der Waals surface area (Å²) in [5.74, 6) is 0.402. The summed E-state index contributed by atoms with van der Waals surface area (Å²) in [6.07, 6.45) is 3.05. The Hall–Kier alpha value is -0.890. The third-order valence-electron chi connectivity index (χ3n) is 4.39. The van der Waals surface area contributed by atoms with E-state index >= 15 is 0 Å². The van der Waals surface area contributed by atoms with Gasteiger partial charge >= 0.3 is 0 Å². The standard InChI is InChI=1S/C15H22O2/c1-9(2)12-8-13-11(5-6-15(13,4)17)10(3)7-14(12)16/h13,17H,5-8H2,1-4H3. The van der Waals surface area contributed by atoms with Gasteiger partial charge in [0.1, 0.15) is 0 Å². The zero-order chi connectivity index (χ0) is 12.8. The van der Waals surface area contributed by atoms with Crippen LogP contribution in [0.5, 0.6) is 0 Å². The first kappa shape index (κ1) is 12.6. The van der Waals surface area contributed by atoms with Crippen molar-refractivity contribution in [3.63, 3.8) is 0 Å². The summed E-state index contributed by atoms with van der Waals surface area (Å²) in [7, 11) is 0. The van der Waals surface area contributed by atoms with Gasteiger partial charge in [0.15, 0.2) is 5.78 Å². The minimum atomic E-state index is -0.637. The van der Waals surface area contributed by atoms with E-state index in [1.807, 2.05) is 20.8 Å². The van der Waals surface area contributed by atoms with Crippen molar-refractivity contribution in [3.8, 4) is 0 Å². The average molecular weight is 234 g/mol. The lowest BCUT2D eigenvalue weighted by Gasteiger charge is -2.26. The molecule has 0 radical (unpaired) electrons. The van der Waals surface area contributed by atoms with Gasteiger partial charge < -0.3 is 5.11 Å². The molecule has 2 unspecified atom stereocenters. The molecule has 2 atom stereocenters. The number of carbonyl (C=O) groups is 1. The van der Waals surface area contributed by atoms with Crippen LogP contribution in [0, 0.1) is 5.92 Å². The van der Waals surface area contributed by atoms with Crippen molar-refractivity contribution in [2.75, 3.05) is 0 Å². The van der Waals surface area contributed by atoms with Gasteiger partial charge in [0.2, 0.25) is 0 Å². The highest BCUT2D eigenvalue weighted by atomic mass is 16.3. The number of rotatable bonds is 0. The minimum absolute atomic E-state index is 0.152. The zero-order valence-electron chi connectivity index (χ0n) is 11.3. The maximum absolute atomic E-state index is 12.1. The molecule has 1 saturated carbocycles. The molecule has 0 amide bonds. The fourth-order valence-corrected chi connectivity index (χ4v) is 3.23. The highest BCUT2D eigenvalue weighted by Crippen LogP contribution is 2.47. The third-order valence-corrected chi connectivity index (χ3v) is 4.39. The molecular weight excluding hydrogens is 212 g/mol. The van der Waals surface area contributed by atoms with Gasteiger partial charge in [0.05, 0.1) is 5.60 Å². The largest absolute Gasteiger partial charge is 0.390 e. The summed E-state index contributed by atoms with van der Waals surface area (Å²) >= 11 is 0. The quantitative estimate of drug-likeness (QED) is 0.516. The van der Waals surface area contributed by atoms with Crippen molar-refractivity contribution in [2.24, 2.45) is 5.92 Å². The second-order valence-corrected chi connectivity index (χ2v) is 6.00. The highest BCUT2D eigenvalue weighted by molar-refractivity contribution is 5.98. The number of fused-ring (bicyclic) bond motifs is 1. The summed E-state index contributed by atoms with van der Waals surface area (Å²) in [6.45, 7) is 7.96. The van der Waals surface area contributed by atoms with Crippen LogP contribution >= 0.6 is 0 Å². The van der Waals surface area contributed by atoms with Crippen molar-refractivity contribution < 1.29 is 9.90 Å². The second kappa shape index (κ2) is 4.09. The van der Waals surface area contributed by atoms with E-state index in [4.69, 9.17) is 0 Å². The molecule has 0 bridgehead atoms. The van der Waals surface area contributed by atoms with E-state index in [1.54, 1.807) is 0 Å². The normalized spacial score (nSPS) is 33.8. The van der Waals surface area contributed by atoms with Crippen LogP contribution < -0.4 is 0 Å². The van der Waals surface area contributed by atoms with E-state index < -0.39 is 5.60 Å². The van der Waals surface area contributed by atoms with Crippen molar-refractivity contribution >= 4 is 5.78 Å². The van der Waals surface area contributed by atoms with Crippen LogP contribution in [0.3, 0.4) is 0 Å². The predicted octanol–water partition coefficient (Wildman–Crippen LogP) is 3.16. The number of hydrogen-bond donors (Lipinski definition) is 1. The second-order valence-electron chi connectivity index (χ2n) is 6.00. The van der Waals surface area contributed by atoms with Crippen LogP contribution in [0.15, 0.2) is 22.3 Å². The smallest absolute Gasteiger partial charge is 0.162 e. The van der Waals surface area contributed by atoms with Crippen LogP contribution in [0.2, 0.25) is 0 Å². The van der Waals surface area contributed by atoms with Crippen molar-refractivity contribution in [1.29, 1.82) is 0 Å². The number of allylic oxidation sites excluding steroid dienone is 3. The SMILES string of the molecule is CC(C)=C1CC2C(=C(C)CC1=O)CCC2(C)O. The van der Waals surface area contributed by atoms with Gasteiger partial charge in [-0.15, -0.1) is 0 Å². The Morgan fingerprint density at radius 1 is 1.41 bits per heavy atom. The molecule has 0 aromatic carbocycles. The summed E-state index contributed by atoms with van der Waals surface area (Å²) in [5, 5.41) is 10.5. The van der Waals surface area contributed by atoms with Gasteiger partial charge in [0, 0.05) is 12.3 Å². The minimum Gasteiger partial charge on any atom is -0.390 e. The van der Waals surface area contributed by atoms with E-state index in [-0.39, 0.29) is 11.7 Å². The fourth-order valence-electron chi connectivity index (χ4n) is 3.23. The predicted molar refractivity (Wildman–Crippen MR) is 68.7 cm³/mol. The van der Waals surface area contributed by atoms with Crippen LogP contribution in [0.4, 0.5) is 0 Å². The Balaban J connectivity index is 2.46. The van der Waals surface area contributed by atoms with Gasteiger partial charge in [-0.1, -0.05) is 16.7 Å². The maximum atomic E-state index is 12.1. The molecule has 17 heavy (non-hydrogen) atoms. The first-order chi connectivity index (χ1) is 7.83. The van der Waals surface area contributed by atoms with E-state index in [0.717, 1.165) is 30.4 Å². The monoisotopic (exact) mass is 234 g/mol. The van der Waals surface area contributed by atoms with Gasteiger partial charge in [-0.2, -0.15) is 0 Å². The van der Waals surface area contributed by atoms with Gasteiger partial charge in [0.25, 0.3) is 0 Å². The number of Topliss-reactive ketones (excluding diaryl/α,β-unsaturated/α-hetero) is 1. The van der Waals surface area contributed by atoms with Gasteiger partial charge in [-0.25, -0.2) is 0 Å². The van der Waals surface area contributed by atoms with Crippen LogP contribution in [-0.4, -0.2) is 16.5 Å². The average Bonchev–Trinajstić information content (AvgIpc) is 2.41. The summed E-state index contributed by atoms with van der Waals surface area (Å²) < 4.78 is 0. The molecular formula is C15H22O2. The summed E-state index contributed by atoms with van der Waals surface area (Å²) in [4.78, 5) is 12.1. The Kier molecular flexibility index (Phi) is 3.03. The molecule has 0 spiro atoms. The third kappa shape index (κ3) is 2.11. The molecule has 0 saturated heterocycles. The Morgan fingerprint density at radius 3 is 2.65 bits per heavy atom. The Bertz CT molecular complexity index is 420. The number of aliphatic hydroxyl groups is 1. The lowest BCUT2D eigenvalue weighted by molar-refractivity contribution is -0.115. The molecule has 0 aliphatic heterocycles. The summed E-state index contributed by atoms with van der Waals surface area (Å²) in [5.41, 5.74) is 3.92. The van der Waals surface area contributed by atoms with Crippen LogP contribution in [-0.2, 0) is 4.79 Å². The molecule has 0 aromatic rings. The van der Waals surface area contributed by atoms with E-state index in [2.05, 4.69) is 6.92 Å². The number of carbonyl (C=O) groups excluding carboxylic acids is 1. The highest BCUT2D eigenvalue weighted by Gasteiger charge is 2.43. The van der Waals surface area contributed by atoms with Crippen molar-refractivity contribution in [1.82, 2.24) is 0 Å². The van der Waals surface area contributed by atoms with E-state index in [1.165, 1.54) is 11.1 Å². The zero-order valence-corrected chi connectivity index (χ0v) is 11.3.